The van der Waals surface area contributed by atoms with Gasteiger partial charge in [-0.25, -0.2) is 0 Å². The van der Waals surface area contributed by atoms with Crippen LogP contribution in [-0.4, -0.2) is 82.9 Å². The van der Waals surface area contributed by atoms with Crippen molar-refractivity contribution in [3.8, 4) is 0 Å². The van der Waals surface area contributed by atoms with E-state index >= 15 is 0 Å². The van der Waals surface area contributed by atoms with Crippen molar-refractivity contribution in [3.63, 3.8) is 0 Å². The van der Waals surface area contributed by atoms with Crippen LogP contribution < -0.4 is 11.5 Å². The first-order valence-corrected chi connectivity index (χ1v) is 6.96. The molecule has 0 saturated carbocycles. The first-order valence-electron chi connectivity index (χ1n) is 5.35. The van der Waals surface area contributed by atoms with Crippen molar-refractivity contribution in [2.75, 3.05) is 18.9 Å². The maximum Gasteiger partial charge on any atom is 0.266 e. The van der Waals surface area contributed by atoms with Crippen LogP contribution in [0.2, 0.25) is 0 Å². The molecule has 1 heterocycles. The Balaban J connectivity index is 0.000000399. The molecule has 0 radical (unpaired) electrons. The molecular weight excluding hydrogens is 284 g/mol. The molecule has 11 heteroatoms. The fraction of sp³-hybridized carbons (Fsp3) is 1.00. The summed E-state index contributed by atoms with van der Waals surface area (Å²) in [6.07, 6.45) is -4.85. The van der Waals surface area contributed by atoms with Gasteiger partial charge in [0.25, 0.3) is 10.1 Å². The number of nitrogens with two attached hydrogens (primary N) is 2. The van der Waals surface area contributed by atoms with Crippen LogP contribution >= 0.6 is 0 Å². The highest BCUT2D eigenvalue weighted by Gasteiger charge is 2.41. The van der Waals surface area contributed by atoms with Crippen molar-refractivity contribution in [1.82, 2.24) is 0 Å². The second kappa shape index (κ2) is 8.04. The Morgan fingerprint density at radius 3 is 2.00 bits per heavy atom. The van der Waals surface area contributed by atoms with Crippen molar-refractivity contribution in [2.45, 2.75) is 30.6 Å². The van der Waals surface area contributed by atoms with Crippen molar-refractivity contribution in [3.05, 3.63) is 0 Å². The van der Waals surface area contributed by atoms with E-state index < -0.39 is 47.4 Å². The third-order valence-electron chi connectivity index (χ3n) is 2.32. The largest absolute Gasteiger partial charge is 0.394 e. The van der Waals surface area contributed by atoms with Crippen LogP contribution in [0.15, 0.2) is 0 Å². The van der Waals surface area contributed by atoms with Crippen molar-refractivity contribution in [1.29, 1.82) is 0 Å². The number of aliphatic hydroxyl groups excluding tert-OH is 4. The lowest BCUT2D eigenvalue weighted by atomic mass is 9.98. The van der Waals surface area contributed by atoms with Gasteiger partial charge in [-0.1, -0.05) is 0 Å². The van der Waals surface area contributed by atoms with Gasteiger partial charge in [0.2, 0.25) is 0 Å². The van der Waals surface area contributed by atoms with Crippen molar-refractivity contribution in [2.24, 2.45) is 11.5 Å². The second-order valence-corrected chi connectivity index (χ2v) is 5.45. The Morgan fingerprint density at radius 1 is 1.16 bits per heavy atom. The molecule has 9 N–H and O–H groups in total. The first kappa shape index (κ1) is 18.6. The lowest BCUT2D eigenvalue weighted by Crippen LogP contribution is -2.61. The molecule has 0 bridgehead atoms. The van der Waals surface area contributed by atoms with Gasteiger partial charge in [-0.2, -0.15) is 8.42 Å². The molecule has 19 heavy (non-hydrogen) atoms. The Labute approximate surface area is 110 Å². The van der Waals surface area contributed by atoms with E-state index in [-0.39, 0.29) is 12.3 Å². The van der Waals surface area contributed by atoms with E-state index in [2.05, 4.69) is 0 Å². The SMILES string of the molecule is NCCS(=O)(=O)O.N[C@H]1C(O)O[C@H](CO)[C@@H](O)[C@@H]1O. The van der Waals surface area contributed by atoms with Gasteiger partial charge >= 0.3 is 0 Å². The van der Waals surface area contributed by atoms with Gasteiger partial charge in [-0.3, -0.25) is 4.55 Å². The van der Waals surface area contributed by atoms with E-state index in [9.17, 15) is 18.6 Å². The predicted octanol–water partition coefficient (Wildman–Crippen LogP) is -4.42. The molecule has 0 aromatic rings. The minimum absolute atomic E-state index is 0.0289. The standard InChI is InChI=1S/C6H13NO5.C2H7NO3S/c7-3-5(10)4(9)2(1-8)12-6(3)11;3-1-2-7(4,5)6/h2-6,8-11H,1,7H2;1-3H2,(H,4,5,6)/t2-,3-,4-,5-,6?;/m1./s1. The highest BCUT2D eigenvalue weighted by Crippen LogP contribution is 2.17. The van der Waals surface area contributed by atoms with Gasteiger partial charge in [-0.15, -0.1) is 0 Å². The smallest absolute Gasteiger partial charge is 0.266 e. The summed E-state index contributed by atoms with van der Waals surface area (Å²) in [5.41, 5.74) is 10.0. The van der Waals surface area contributed by atoms with E-state index in [1.165, 1.54) is 0 Å². The maximum atomic E-state index is 9.71. The monoisotopic (exact) mass is 304 g/mol. The van der Waals surface area contributed by atoms with Crippen LogP contribution in [0.4, 0.5) is 0 Å². The van der Waals surface area contributed by atoms with Crippen LogP contribution in [0.3, 0.4) is 0 Å². The molecule has 116 valence electrons. The number of aliphatic hydroxyl groups is 4. The van der Waals surface area contributed by atoms with E-state index in [1.807, 2.05) is 0 Å². The molecular formula is C8H20N2O8S. The summed E-state index contributed by atoms with van der Waals surface area (Å²) in [4.78, 5) is 0. The Hall–Kier alpha value is -0.370. The molecule has 0 aromatic heterocycles. The molecule has 0 aliphatic carbocycles. The molecule has 1 aliphatic heterocycles. The average molecular weight is 304 g/mol. The normalized spacial score (nSPS) is 35.4. The highest BCUT2D eigenvalue weighted by molar-refractivity contribution is 7.85. The summed E-state index contributed by atoms with van der Waals surface area (Å²) in [7, 11) is -3.80. The number of hydrogen-bond donors (Lipinski definition) is 7. The summed E-state index contributed by atoms with van der Waals surface area (Å²) in [6.45, 7) is -0.499. The van der Waals surface area contributed by atoms with Gasteiger partial charge in [-0.05, 0) is 0 Å². The molecule has 0 amide bonds. The van der Waals surface area contributed by atoms with Gasteiger partial charge in [0, 0.05) is 6.54 Å². The lowest BCUT2D eigenvalue weighted by Gasteiger charge is -2.38. The predicted molar refractivity (Wildman–Crippen MR) is 63.4 cm³/mol. The van der Waals surface area contributed by atoms with E-state index in [0.29, 0.717) is 0 Å². The van der Waals surface area contributed by atoms with Crippen LogP contribution in [0.25, 0.3) is 0 Å². The van der Waals surface area contributed by atoms with E-state index in [0.717, 1.165) is 0 Å². The third-order valence-corrected chi connectivity index (χ3v) is 3.08. The summed E-state index contributed by atoms with van der Waals surface area (Å²) in [6, 6.07) is -1.04. The highest BCUT2D eigenvalue weighted by atomic mass is 32.2. The molecule has 5 atom stereocenters. The zero-order valence-corrected chi connectivity index (χ0v) is 10.8. The quantitative estimate of drug-likeness (QED) is 0.250. The zero-order valence-electron chi connectivity index (χ0n) is 10.0. The molecule has 0 aromatic carbocycles. The minimum atomic E-state index is -3.80. The van der Waals surface area contributed by atoms with Gasteiger partial charge in [0.15, 0.2) is 6.29 Å². The fourth-order valence-corrected chi connectivity index (χ4v) is 1.56. The number of rotatable bonds is 3. The average Bonchev–Trinajstić information content (AvgIpc) is 2.30. The number of ether oxygens (including phenoxy) is 1. The minimum Gasteiger partial charge on any atom is -0.394 e. The summed E-state index contributed by atoms with van der Waals surface area (Å²) in [5.74, 6) is -0.354. The van der Waals surface area contributed by atoms with Gasteiger partial charge in [0.1, 0.15) is 18.3 Å². The molecule has 1 fully saturated rings. The Bertz CT molecular complexity index is 346. The van der Waals surface area contributed by atoms with Gasteiger partial charge in [0.05, 0.1) is 18.4 Å². The van der Waals surface area contributed by atoms with Crippen LogP contribution in [0, 0.1) is 0 Å². The Kier molecular flexibility index (Phi) is 7.88. The molecule has 1 aliphatic rings. The maximum absolute atomic E-state index is 9.71. The van der Waals surface area contributed by atoms with Crippen molar-refractivity contribution < 1.29 is 38.1 Å². The molecule has 10 nitrogen and oxygen atoms in total. The molecule has 1 rings (SSSR count). The van der Waals surface area contributed by atoms with Crippen LogP contribution in [-0.2, 0) is 14.9 Å². The molecule has 0 spiro atoms. The van der Waals surface area contributed by atoms with E-state index in [4.69, 9.17) is 31.0 Å². The topological polar surface area (TPSA) is 197 Å². The lowest BCUT2D eigenvalue weighted by molar-refractivity contribution is -0.248. The third kappa shape index (κ3) is 6.56. The first-order chi connectivity index (χ1) is 8.64. The summed E-state index contributed by atoms with van der Waals surface area (Å²) < 4.78 is 32.0. The van der Waals surface area contributed by atoms with Crippen molar-refractivity contribution >= 4 is 10.1 Å². The zero-order chi connectivity index (χ0) is 15.2. The fourth-order valence-electron chi connectivity index (χ4n) is 1.27. The Morgan fingerprint density at radius 2 is 1.68 bits per heavy atom. The summed E-state index contributed by atoms with van der Waals surface area (Å²) >= 11 is 0. The van der Waals surface area contributed by atoms with Crippen LogP contribution in [0.5, 0.6) is 0 Å². The molecule has 1 unspecified atom stereocenters. The van der Waals surface area contributed by atoms with Gasteiger partial charge < -0.3 is 36.6 Å². The number of hydrogen-bond acceptors (Lipinski definition) is 9. The van der Waals surface area contributed by atoms with E-state index in [1.54, 1.807) is 0 Å². The van der Waals surface area contributed by atoms with Crippen LogP contribution in [0.1, 0.15) is 0 Å². The molecule has 1 saturated heterocycles. The summed E-state index contributed by atoms with van der Waals surface area (Å²) in [5, 5.41) is 36.1. The second-order valence-electron chi connectivity index (χ2n) is 3.88.